The average molecular weight is 816 g/mol. The largest absolute Gasteiger partial charge is 0.507 e. The molecule has 2 aliphatic rings. The molecule has 3 amide bonds. The van der Waals surface area contributed by atoms with E-state index in [4.69, 9.17) is 5.73 Å². The Balaban J connectivity index is 0.919. The van der Waals surface area contributed by atoms with Crippen LogP contribution in [0.3, 0.4) is 0 Å². The van der Waals surface area contributed by atoms with E-state index in [0.29, 0.717) is 49.6 Å². The van der Waals surface area contributed by atoms with Gasteiger partial charge in [-0.3, -0.25) is 19.3 Å². The number of thiazole rings is 1. The predicted octanol–water partition coefficient (Wildman–Crippen LogP) is 6.05. The maximum absolute atomic E-state index is 14.2. The van der Waals surface area contributed by atoms with Gasteiger partial charge in [0.25, 0.3) is 0 Å². The Labute approximate surface area is 349 Å². The van der Waals surface area contributed by atoms with Gasteiger partial charge >= 0.3 is 0 Å². The number of benzene rings is 3. The molecule has 0 spiro atoms. The Morgan fingerprint density at radius 3 is 2.25 bits per heavy atom. The number of nitrogen functional groups attached to an aromatic ring is 1. The molecule has 4 heterocycles. The maximum atomic E-state index is 14.2. The molecule has 7 rings (SSSR count). The van der Waals surface area contributed by atoms with E-state index in [9.17, 15) is 19.5 Å². The predicted molar refractivity (Wildman–Crippen MR) is 233 cm³/mol. The van der Waals surface area contributed by atoms with Gasteiger partial charge in [0.1, 0.15) is 17.8 Å². The lowest BCUT2D eigenvalue weighted by molar-refractivity contribution is -0.144. The van der Waals surface area contributed by atoms with E-state index >= 15 is 0 Å². The summed E-state index contributed by atoms with van der Waals surface area (Å²) in [7, 11) is 0. The second-order valence-electron chi connectivity index (χ2n) is 16.5. The first-order valence-corrected chi connectivity index (χ1v) is 21.0. The first-order valence-electron chi connectivity index (χ1n) is 20.2. The average Bonchev–Trinajstić information content (AvgIpc) is 3.90. The monoisotopic (exact) mass is 815 g/mol. The van der Waals surface area contributed by atoms with Crippen molar-refractivity contribution in [2.45, 2.75) is 65.6 Å². The van der Waals surface area contributed by atoms with Gasteiger partial charge < -0.3 is 31.3 Å². The molecule has 3 aromatic carbocycles. The van der Waals surface area contributed by atoms with Crippen molar-refractivity contribution in [3.8, 4) is 38.6 Å². The molecule has 3 unspecified atom stereocenters. The number of piperazine rings is 1. The number of nitrogens with zero attached hydrogens (tertiary/aromatic N) is 6. The number of rotatable bonds is 11. The lowest BCUT2D eigenvalue weighted by Gasteiger charge is -2.38. The fraction of sp³-hybridized carbons (Fsp3) is 0.378. The lowest BCUT2D eigenvalue weighted by Crippen LogP contribution is -2.59. The molecular formula is C45H53N9O4S. The fourth-order valence-electron chi connectivity index (χ4n) is 7.89. The number of anilines is 2. The van der Waals surface area contributed by atoms with E-state index in [0.717, 1.165) is 51.6 Å². The van der Waals surface area contributed by atoms with Crippen molar-refractivity contribution < 1.29 is 19.5 Å². The smallest absolute Gasteiger partial charge is 0.246 e. The van der Waals surface area contributed by atoms with Crippen LogP contribution in [0, 0.1) is 12.3 Å². The quantitative estimate of drug-likeness (QED) is 0.123. The zero-order chi connectivity index (χ0) is 41.8. The molecule has 5 aromatic rings. The normalized spacial score (nSPS) is 17.1. The van der Waals surface area contributed by atoms with E-state index in [1.807, 2.05) is 88.7 Å². The number of likely N-dealkylation sites (tertiary alicyclic amines) is 1. The zero-order valence-electron chi connectivity index (χ0n) is 34.3. The standard InChI is InChI=1S/C45H53N9O4S/c1-28(30-12-14-32(15-13-30)40-29(2)47-27-59-40)48-43(57)37-10-8-20-54(37)44(58)41(45(3,4)5)49-39(56)26-52-21-23-53(24-22-52)33-18-16-31(17-19-33)35-25-36(50-51-42(35)46)34-9-6-7-11-38(34)55/h6-7,9,11-19,25,27-28,37,41,55H,8,10,20-24,26H2,1-5H3,(H2,46,51)(H,48,57)(H,49,56). The summed E-state index contributed by atoms with van der Waals surface area (Å²) >= 11 is 1.60. The fourth-order valence-corrected chi connectivity index (χ4v) is 8.70. The third-order valence-corrected chi connectivity index (χ3v) is 12.3. The number of para-hydroxylation sites is 1. The van der Waals surface area contributed by atoms with Crippen LogP contribution in [0.15, 0.2) is 84.4 Å². The van der Waals surface area contributed by atoms with E-state index < -0.39 is 17.5 Å². The van der Waals surface area contributed by atoms with Crippen molar-refractivity contribution in [3.63, 3.8) is 0 Å². The summed E-state index contributed by atoms with van der Waals surface area (Å²) in [5.41, 5.74) is 14.3. The Morgan fingerprint density at radius 1 is 0.898 bits per heavy atom. The molecule has 0 radical (unpaired) electrons. The first-order chi connectivity index (χ1) is 28.3. The van der Waals surface area contributed by atoms with Gasteiger partial charge in [0.15, 0.2) is 5.82 Å². The molecule has 0 saturated carbocycles. The summed E-state index contributed by atoms with van der Waals surface area (Å²) in [5, 5.41) is 24.9. The van der Waals surface area contributed by atoms with Gasteiger partial charge in [-0.25, -0.2) is 4.98 Å². The van der Waals surface area contributed by atoms with Gasteiger partial charge in [0.05, 0.1) is 34.4 Å². The van der Waals surface area contributed by atoms with Crippen molar-refractivity contribution >= 4 is 40.6 Å². The molecule has 2 saturated heterocycles. The van der Waals surface area contributed by atoms with Crippen LogP contribution in [0.4, 0.5) is 11.5 Å². The molecule has 14 heteroatoms. The van der Waals surface area contributed by atoms with Gasteiger partial charge in [0, 0.05) is 49.5 Å². The van der Waals surface area contributed by atoms with Gasteiger partial charge in [0.2, 0.25) is 17.7 Å². The van der Waals surface area contributed by atoms with Crippen LogP contribution in [0.5, 0.6) is 5.75 Å². The Morgan fingerprint density at radius 2 is 1.59 bits per heavy atom. The molecule has 2 fully saturated rings. The number of amides is 3. The van der Waals surface area contributed by atoms with E-state index in [-0.39, 0.29) is 36.1 Å². The van der Waals surface area contributed by atoms with Gasteiger partial charge in [-0.1, -0.05) is 69.3 Å². The van der Waals surface area contributed by atoms with Gasteiger partial charge in [-0.05, 0) is 79.1 Å². The van der Waals surface area contributed by atoms with E-state index in [2.05, 4.69) is 47.7 Å². The highest BCUT2D eigenvalue weighted by atomic mass is 32.1. The summed E-state index contributed by atoms with van der Waals surface area (Å²) in [4.78, 5) is 52.9. The number of nitrogens with one attached hydrogen (secondary N) is 2. The summed E-state index contributed by atoms with van der Waals surface area (Å²) in [6.07, 6.45) is 1.29. The summed E-state index contributed by atoms with van der Waals surface area (Å²) in [5.74, 6) is -0.207. The van der Waals surface area contributed by atoms with Crippen molar-refractivity contribution in [2.24, 2.45) is 5.41 Å². The number of aromatic hydroxyl groups is 1. The van der Waals surface area contributed by atoms with Gasteiger partial charge in [-0.2, -0.15) is 0 Å². The molecule has 2 aromatic heterocycles. The van der Waals surface area contributed by atoms with Gasteiger partial charge in [-0.15, -0.1) is 21.5 Å². The van der Waals surface area contributed by atoms with Crippen molar-refractivity contribution in [2.75, 3.05) is 49.9 Å². The minimum atomic E-state index is -0.789. The molecule has 3 atom stereocenters. The Kier molecular flexibility index (Phi) is 12.3. The topological polar surface area (TPSA) is 170 Å². The summed E-state index contributed by atoms with van der Waals surface area (Å²) in [6, 6.07) is 23.4. The Hall–Kier alpha value is -5.86. The minimum absolute atomic E-state index is 0.121. The highest BCUT2D eigenvalue weighted by Gasteiger charge is 2.42. The first kappa shape index (κ1) is 41.3. The second-order valence-corrected chi connectivity index (χ2v) is 17.4. The molecule has 59 heavy (non-hydrogen) atoms. The number of phenolic OH excluding ortho intramolecular Hbond substituents is 1. The Bertz CT molecular complexity index is 2280. The minimum Gasteiger partial charge on any atom is -0.507 e. The third kappa shape index (κ3) is 9.39. The van der Waals surface area contributed by atoms with Crippen LogP contribution in [0.1, 0.15) is 57.8 Å². The number of nitrogens with two attached hydrogens (primary N) is 1. The molecule has 2 aliphatic heterocycles. The van der Waals surface area contributed by atoms with Crippen LogP contribution >= 0.6 is 11.3 Å². The summed E-state index contributed by atoms with van der Waals surface area (Å²) < 4.78 is 0. The van der Waals surface area contributed by atoms with Crippen LogP contribution in [0.25, 0.3) is 32.8 Å². The molecule has 13 nitrogen and oxygen atoms in total. The lowest BCUT2D eigenvalue weighted by atomic mass is 9.85. The van der Waals surface area contributed by atoms with Crippen LogP contribution in [-0.4, -0.2) is 99.2 Å². The van der Waals surface area contributed by atoms with Crippen LogP contribution in [0.2, 0.25) is 0 Å². The van der Waals surface area contributed by atoms with Crippen molar-refractivity contribution in [1.29, 1.82) is 0 Å². The number of aryl methyl sites for hydroxylation is 1. The highest BCUT2D eigenvalue weighted by molar-refractivity contribution is 7.13. The second kappa shape index (κ2) is 17.6. The number of phenols is 1. The third-order valence-electron chi connectivity index (χ3n) is 11.3. The molecule has 308 valence electrons. The zero-order valence-corrected chi connectivity index (χ0v) is 35.1. The number of hydrogen-bond donors (Lipinski definition) is 4. The van der Waals surface area contributed by atoms with Crippen LogP contribution < -0.4 is 21.3 Å². The number of carbonyl (C=O) groups excluding carboxylic acids is 3. The molecular weight excluding hydrogens is 763 g/mol. The number of carbonyl (C=O) groups is 3. The SMILES string of the molecule is Cc1ncsc1-c1ccc(C(C)NC(=O)C2CCCN2C(=O)C(NC(=O)CN2CCN(c3ccc(-c4cc(-c5ccccc5O)nnc4N)cc3)CC2)C(C)(C)C)cc1. The number of hydrogen-bond acceptors (Lipinski definition) is 11. The molecule has 0 bridgehead atoms. The van der Waals surface area contributed by atoms with Crippen LogP contribution in [-0.2, 0) is 14.4 Å². The van der Waals surface area contributed by atoms with E-state index in [1.54, 1.807) is 34.4 Å². The maximum Gasteiger partial charge on any atom is 0.246 e. The summed E-state index contributed by atoms with van der Waals surface area (Å²) in [6.45, 7) is 13.2. The van der Waals surface area contributed by atoms with E-state index in [1.165, 1.54) is 0 Å². The van der Waals surface area contributed by atoms with Crippen molar-refractivity contribution in [3.05, 3.63) is 95.6 Å². The highest BCUT2D eigenvalue weighted by Crippen LogP contribution is 2.34. The van der Waals surface area contributed by atoms with Crippen molar-refractivity contribution in [1.82, 2.24) is 35.6 Å². The number of aromatic nitrogens is 3. The molecule has 5 N–H and O–H groups in total. The molecule has 0 aliphatic carbocycles.